The van der Waals surface area contributed by atoms with E-state index in [0.29, 0.717) is 5.56 Å². The monoisotopic (exact) mass is 430 g/mol. The number of rotatable bonds is 8. The van der Waals surface area contributed by atoms with Gasteiger partial charge in [-0.2, -0.15) is 0 Å². The van der Waals surface area contributed by atoms with Crippen LogP contribution >= 0.6 is 0 Å². The number of aryl methyl sites for hydroxylation is 1. The van der Waals surface area contributed by atoms with Crippen molar-refractivity contribution in [2.45, 2.75) is 64.9 Å². The number of halogens is 1. The molecule has 2 unspecified atom stereocenters. The van der Waals surface area contributed by atoms with E-state index < -0.39 is 0 Å². The highest BCUT2D eigenvalue weighted by Gasteiger charge is 2.22. The van der Waals surface area contributed by atoms with Crippen LogP contribution in [0.2, 0.25) is 0 Å². The first-order valence-corrected chi connectivity index (χ1v) is 12.3. The highest BCUT2D eigenvalue weighted by Crippen LogP contribution is 2.34. The van der Waals surface area contributed by atoms with Crippen LogP contribution in [0.3, 0.4) is 0 Å². The van der Waals surface area contributed by atoms with Crippen molar-refractivity contribution in [2.24, 2.45) is 5.92 Å². The van der Waals surface area contributed by atoms with Crippen molar-refractivity contribution < 1.29 is 9.13 Å². The largest absolute Gasteiger partial charge is 0.373 e. The van der Waals surface area contributed by atoms with Crippen molar-refractivity contribution in [3.05, 3.63) is 83.7 Å². The molecular weight excluding hydrogens is 395 g/mol. The maximum Gasteiger partial charge on any atom is 0.131 e. The minimum Gasteiger partial charge on any atom is -0.373 e. The average Bonchev–Trinajstić information content (AvgIpc) is 2.85. The molecule has 1 aliphatic rings. The van der Waals surface area contributed by atoms with Crippen LogP contribution in [0.1, 0.15) is 69.6 Å². The third-order valence-electron chi connectivity index (χ3n) is 6.84. The zero-order chi connectivity index (χ0) is 22.3. The third kappa shape index (κ3) is 5.48. The second-order valence-corrected chi connectivity index (χ2v) is 9.13. The molecule has 1 saturated heterocycles. The molecule has 2 heteroatoms. The van der Waals surface area contributed by atoms with Gasteiger partial charge in [-0.15, -0.1) is 0 Å². The molecule has 0 radical (unpaired) electrons. The van der Waals surface area contributed by atoms with E-state index in [4.69, 9.17) is 4.74 Å². The molecule has 0 bridgehead atoms. The van der Waals surface area contributed by atoms with Crippen LogP contribution in [0, 0.1) is 11.7 Å². The number of hydrogen-bond acceptors (Lipinski definition) is 1. The van der Waals surface area contributed by atoms with Crippen molar-refractivity contribution in [3.63, 3.8) is 0 Å². The van der Waals surface area contributed by atoms with Gasteiger partial charge in [0.2, 0.25) is 0 Å². The summed E-state index contributed by atoms with van der Waals surface area (Å²) >= 11 is 0. The standard InChI is InChI=1S/C30H35FO/c1-3-5-6-7-23-10-19-30(32-21-23)26-15-13-24(14-16-26)27-17-18-28(29(31)20-27)25-11-8-22(4-2)9-12-25/h8-9,11-18,20,23,30H,3-7,10,19,21H2,1-2H3. The van der Waals surface area contributed by atoms with E-state index in [1.807, 2.05) is 24.3 Å². The lowest BCUT2D eigenvalue weighted by Crippen LogP contribution is -2.20. The van der Waals surface area contributed by atoms with Crippen molar-refractivity contribution in [3.8, 4) is 22.3 Å². The molecule has 32 heavy (non-hydrogen) atoms. The Hall–Kier alpha value is -2.45. The van der Waals surface area contributed by atoms with Crippen LogP contribution in [0.5, 0.6) is 0 Å². The molecule has 2 atom stereocenters. The molecule has 0 spiro atoms. The van der Waals surface area contributed by atoms with Gasteiger partial charge in [-0.25, -0.2) is 4.39 Å². The summed E-state index contributed by atoms with van der Waals surface area (Å²) in [7, 11) is 0. The summed E-state index contributed by atoms with van der Waals surface area (Å²) in [6.45, 7) is 5.26. The Morgan fingerprint density at radius 3 is 2.16 bits per heavy atom. The van der Waals surface area contributed by atoms with E-state index in [1.165, 1.54) is 43.2 Å². The van der Waals surface area contributed by atoms with Gasteiger partial charge < -0.3 is 4.74 Å². The summed E-state index contributed by atoms with van der Waals surface area (Å²) in [4.78, 5) is 0. The minimum absolute atomic E-state index is 0.180. The van der Waals surface area contributed by atoms with E-state index in [2.05, 4.69) is 50.2 Å². The summed E-state index contributed by atoms with van der Waals surface area (Å²) in [5.41, 5.74) is 6.01. The maximum atomic E-state index is 14.9. The molecular formula is C30H35FO. The Balaban J connectivity index is 1.40. The first kappa shape index (κ1) is 22.7. The van der Waals surface area contributed by atoms with Gasteiger partial charge in [0.15, 0.2) is 0 Å². The summed E-state index contributed by atoms with van der Waals surface area (Å²) in [5.74, 6) is 0.539. The molecule has 0 amide bonds. The predicted molar refractivity (Wildman–Crippen MR) is 132 cm³/mol. The Labute approximate surface area is 192 Å². The van der Waals surface area contributed by atoms with E-state index in [-0.39, 0.29) is 11.9 Å². The molecule has 1 nitrogen and oxygen atoms in total. The smallest absolute Gasteiger partial charge is 0.131 e. The maximum absolute atomic E-state index is 14.9. The van der Waals surface area contributed by atoms with E-state index in [0.717, 1.165) is 42.1 Å². The van der Waals surface area contributed by atoms with Crippen molar-refractivity contribution in [2.75, 3.05) is 6.61 Å². The van der Waals surface area contributed by atoms with Crippen LogP contribution in [-0.4, -0.2) is 6.61 Å². The van der Waals surface area contributed by atoms with Crippen LogP contribution in [-0.2, 0) is 11.2 Å². The molecule has 0 aliphatic carbocycles. The Morgan fingerprint density at radius 1 is 0.812 bits per heavy atom. The van der Waals surface area contributed by atoms with Gasteiger partial charge in [0, 0.05) is 5.56 Å². The third-order valence-corrected chi connectivity index (χ3v) is 6.84. The quantitative estimate of drug-likeness (QED) is 0.324. The highest BCUT2D eigenvalue weighted by atomic mass is 19.1. The molecule has 4 rings (SSSR count). The van der Waals surface area contributed by atoms with Gasteiger partial charge in [-0.3, -0.25) is 0 Å². The highest BCUT2D eigenvalue weighted by molar-refractivity contribution is 5.71. The number of unbranched alkanes of at least 4 members (excludes halogenated alkanes) is 2. The molecule has 3 aromatic carbocycles. The van der Waals surface area contributed by atoms with Gasteiger partial charge >= 0.3 is 0 Å². The second kappa shape index (κ2) is 10.9. The second-order valence-electron chi connectivity index (χ2n) is 9.13. The molecule has 168 valence electrons. The molecule has 0 aromatic heterocycles. The van der Waals surface area contributed by atoms with Crippen LogP contribution in [0.15, 0.2) is 66.7 Å². The Morgan fingerprint density at radius 2 is 1.53 bits per heavy atom. The zero-order valence-electron chi connectivity index (χ0n) is 19.4. The zero-order valence-corrected chi connectivity index (χ0v) is 19.4. The van der Waals surface area contributed by atoms with Crippen molar-refractivity contribution in [1.29, 1.82) is 0 Å². The fourth-order valence-electron chi connectivity index (χ4n) is 4.72. The van der Waals surface area contributed by atoms with Crippen LogP contribution in [0.25, 0.3) is 22.3 Å². The van der Waals surface area contributed by atoms with Crippen LogP contribution < -0.4 is 0 Å². The van der Waals surface area contributed by atoms with E-state index in [1.54, 1.807) is 6.07 Å². The van der Waals surface area contributed by atoms with E-state index >= 15 is 0 Å². The van der Waals surface area contributed by atoms with E-state index in [9.17, 15) is 4.39 Å². The fraction of sp³-hybridized carbons (Fsp3) is 0.400. The molecule has 0 N–H and O–H groups in total. The van der Waals surface area contributed by atoms with Crippen molar-refractivity contribution in [1.82, 2.24) is 0 Å². The Bertz CT molecular complexity index is 982. The topological polar surface area (TPSA) is 9.23 Å². The average molecular weight is 431 g/mol. The van der Waals surface area contributed by atoms with Gasteiger partial charge in [-0.1, -0.05) is 93.8 Å². The summed E-state index contributed by atoms with van der Waals surface area (Å²) in [6, 6.07) is 22.2. The molecule has 3 aromatic rings. The first-order chi connectivity index (χ1) is 15.7. The van der Waals surface area contributed by atoms with Gasteiger partial charge in [-0.05, 0) is 65.5 Å². The molecule has 1 fully saturated rings. The first-order valence-electron chi connectivity index (χ1n) is 12.3. The van der Waals surface area contributed by atoms with Crippen LogP contribution in [0.4, 0.5) is 4.39 Å². The predicted octanol–water partition coefficient (Wildman–Crippen LogP) is 8.77. The lowest BCUT2D eigenvalue weighted by Gasteiger charge is -2.29. The van der Waals surface area contributed by atoms with Gasteiger partial charge in [0.25, 0.3) is 0 Å². The lowest BCUT2D eigenvalue weighted by molar-refractivity contribution is -0.0198. The Kier molecular flexibility index (Phi) is 7.76. The summed E-state index contributed by atoms with van der Waals surface area (Å²) in [6.07, 6.45) is 8.75. The molecule has 1 heterocycles. The number of ether oxygens (including phenoxy) is 1. The molecule has 0 saturated carbocycles. The summed E-state index contributed by atoms with van der Waals surface area (Å²) < 4.78 is 21.1. The van der Waals surface area contributed by atoms with Crippen molar-refractivity contribution >= 4 is 0 Å². The van der Waals surface area contributed by atoms with Gasteiger partial charge in [0.1, 0.15) is 5.82 Å². The normalized spacial score (nSPS) is 18.6. The number of benzene rings is 3. The lowest BCUT2D eigenvalue weighted by atomic mass is 9.90. The fourth-order valence-corrected chi connectivity index (χ4v) is 4.72. The summed E-state index contributed by atoms with van der Waals surface area (Å²) in [5, 5.41) is 0. The minimum atomic E-state index is -0.180. The molecule has 1 aliphatic heterocycles. The number of hydrogen-bond donors (Lipinski definition) is 0. The van der Waals surface area contributed by atoms with Gasteiger partial charge in [0.05, 0.1) is 12.7 Å². The SMILES string of the molecule is CCCCCC1CCC(c2ccc(-c3ccc(-c4ccc(CC)cc4)c(F)c3)cc2)OC1.